The van der Waals surface area contributed by atoms with Crippen LogP contribution in [0.3, 0.4) is 0 Å². The van der Waals surface area contributed by atoms with Crippen LogP contribution in [0.4, 0.5) is 13.2 Å². The lowest BCUT2D eigenvalue weighted by molar-refractivity contribution is -0.139. The summed E-state index contributed by atoms with van der Waals surface area (Å²) in [4.78, 5) is 23.7. The fraction of sp³-hybridized carbons (Fsp3) is 0.458. The molecule has 2 atom stereocenters. The minimum atomic E-state index is -3.00. The normalized spacial score (nSPS) is 22.4. The van der Waals surface area contributed by atoms with E-state index in [-0.39, 0.29) is 18.7 Å². The molecule has 7 nitrogen and oxygen atoms in total. The highest BCUT2D eigenvalue weighted by molar-refractivity contribution is 9.10. The largest absolute Gasteiger partial charge is 0.463 e. The predicted molar refractivity (Wildman–Crippen MR) is 134 cm³/mol. The highest BCUT2D eigenvalue weighted by Crippen LogP contribution is 2.40. The number of halogens is 4. The van der Waals surface area contributed by atoms with Crippen LogP contribution in [-0.2, 0) is 9.53 Å². The van der Waals surface area contributed by atoms with E-state index in [0.29, 0.717) is 26.6 Å². The second-order valence-electron chi connectivity index (χ2n) is 9.26. The van der Waals surface area contributed by atoms with Crippen molar-refractivity contribution in [1.82, 2.24) is 15.2 Å². The molecule has 0 radical (unpaired) electrons. The molecule has 0 bridgehead atoms. The smallest absolute Gasteiger partial charge is 0.338 e. The number of hydrogen-bond acceptors (Lipinski definition) is 8. The predicted octanol–water partition coefficient (Wildman–Crippen LogP) is 4.43. The van der Waals surface area contributed by atoms with Gasteiger partial charge in [0.2, 0.25) is 0 Å². The lowest BCUT2D eigenvalue weighted by Gasteiger charge is -2.35. The lowest BCUT2D eigenvalue weighted by Crippen LogP contribution is -2.48. The number of aliphatic hydroxyl groups is 1. The second-order valence-corrected chi connectivity index (χ2v) is 11.0. The highest BCUT2D eigenvalue weighted by Gasteiger charge is 2.50. The summed E-state index contributed by atoms with van der Waals surface area (Å²) < 4.78 is 48.6. The van der Waals surface area contributed by atoms with Gasteiger partial charge in [-0.3, -0.25) is 9.89 Å². The lowest BCUT2D eigenvalue weighted by atomic mass is 9.93. The molecule has 0 amide bonds. The van der Waals surface area contributed by atoms with E-state index >= 15 is 0 Å². The summed E-state index contributed by atoms with van der Waals surface area (Å²) in [5, 5.41) is 16.0. The molecule has 1 unspecified atom stereocenters. The molecule has 4 rings (SSSR count). The molecular weight excluding hydrogens is 561 g/mol. The van der Waals surface area contributed by atoms with Gasteiger partial charge in [0.05, 0.1) is 24.3 Å². The summed E-state index contributed by atoms with van der Waals surface area (Å²) in [5.41, 5.74) is -0.487. The molecule has 194 valence electrons. The van der Waals surface area contributed by atoms with Gasteiger partial charge in [0.15, 0.2) is 10.8 Å². The van der Waals surface area contributed by atoms with Crippen LogP contribution in [0.15, 0.2) is 50.5 Å². The minimum Gasteiger partial charge on any atom is -0.463 e. The van der Waals surface area contributed by atoms with Crippen LogP contribution in [0, 0.1) is 5.82 Å². The van der Waals surface area contributed by atoms with Gasteiger partial charge in [-0.25, -0.2) is 22.9 Å². The van der Waals surface area contributed by atoms with Gasteiger partial charge in [-0.2, -0.15) is 0 Å². The summed E-state index contributed by atoms with van der Waals surface area (Å²) in [6.45, 7) is 4.04. The number of hydrogen-bond donors (Lipinski definition) is 2. The van der Waals surface area contributed by atoms with E-state index in [1.807, 2.05) is 0 Å². The number of esters is 1. The molecule has 36 heavy (non-hydrogen) atoms. The van der Waals surface area contributed by atoms with Crippen molar-refractivity contribution >= 4 is 39.1 Å². The van der Waals surface area contributed by atoms with Crippen molar-refractivity contribution in [2.24, 2.45) is 4.99 Å². The molecule has 0 saturated carbocycles. The number of aliphatic imine (C=N–C) groups is 1. The molecule has 1 aromatic carbocycles. The Hall–Kier alpha value is -2.28. The van der Waals surface area contributed by atoms with E-state index in [0.717, 1.165) is 0 Å². The van der Waals surface area contributed by atoms with Gasteiger partial charge in [-0.05, 0) is 38.5 Å². The molecule has 2 N–H and O–H groups in total. The summed E-state index contributed by atoms with van der Waals surface area (Å²) >= 11 is 4.68. The third-order valence-corrected chi connectivity index (χ3v) is 7.52. The van der Waals surface area contributed by atoms with Crippen molar-refractivity contribution in [2.45, 2.75) is 50.8 Å². The van der Waals surface area contributed by atoms with E-state index < -0.39 is 48.4 Å². The number of thiazole rings is 1. The number of ether oxygens (including phenoxy) is 1. The zero-order chi connectivity index (χ0) is 26.3. The summed E-state index contributed by atoms with van der Waals surface area (Å²) in [6.07, 6.45) is 1.08. The van der Waals surface area contributed by atoms with E-state index in [9.17, 15) is 23.1 Å². The van der Waals surface area contributed by atoms with Gasteiger partial charge in [0.1, 0.15) is 11.9 Å². The number of nitrogens with zero attached hydrogens (tertiary/aromatic N) is 3. The minimum absolute atomic E-state index is 0.0874. The van der Waals surface area contributed by atoms with E-state index in [2.05, 4.69) is 26.2 Å². The van der Waals surface area contributed by atoms with Gasteiger partial charge in [-0.15, -0.1) is 11.3 Å². The van der Waals surface area contributed by atoms with E-state index in [4.69, 9.17) is 9.73 Å². The number of benzene rings is 1. The Morgan fingerprint density at radius 1 is 1.42 bits per heavy atom. The van der Waals surface area contributed by atoms with Crippen molar-refractivity contribution < 1.29 is 27.8 Å². The molecule has 0 spiro atoms. The van der Waals surface area contributed by atoms with Gasteiger partial charge < -0.3 is 15.2 Å². The molecule has 0 aliphatic carbocycles. The third kappa shape index (κ3) is 5.66. The number of likely N-dealkylation sites (tertiary alicyclic amines) is 1. The number of nitrogens with one attached hydrogen (secondary N) is 1. The average molecular weight is 587 g/mol. The Labute approximate surface area is 219 Å². The van der Waals surface area contributed by atoms with Gasteiger partial charge in [-0.1, -0.05) is 22.0 Å². The van der Waals surface area contributed by atoms with E-state index in [1.165, 1.54) is 48.3 Å². The number of rotatable bonds is 7. The summed E-state index contributed by atoms with van der Waals surface area (Å²) in [7, 11) is 0. The first-order valence-corrected chi connectivity index (χ1v) is 13.0. The zero-order valence-corrected chi connectivity index (χ0v) is 22.3. The van der Waals surface area contributed by atoms with Crippen LogP contribution in [0.25, 0.3) is 0 Å². The maximum absolute atomic E-state index is 14.5. The summed E-state index contributed by atoms with van der Waals surface area (Å²) in [5.74, 6) is -3.80. The number of amidine groups is 1. The van der Waals surface area contributed by atoms with Crippen molar-refractivity contribution in [3.63, 3.8) is 0 Å². The topological polar surface area (TPSA) is 87.0 Å². The molecule has 3 heterocycles. The first-order chi connectivity index (χ1) is 16.9. The van der Waals surface area contributed by atoms with E-state index in [1.54, 1.807) is 18.5 Å². The number of alkyl halides is 2. The molecule has 1 aromatic heterocycles. The molecular formula is C24H26BrF3N4O3S. The molecule has 1 fully saturated rings. The fourth-order valence-electron chi connectivity index (χ4n) is 4.52. The SMILES string of the molecule is CCOC(=O)C1=C(CN2CC(F)(F)C[C@H]2C(C)(C)O)NC(c2nccs2)=NC1c1ccc(F)cc1Br. The Balaban J connectivity index is 1.85. The van der Waals surface area contributed by atoms with Crippen LogP contribution in [0.5, 0.6) is 0 Å². The average Bonchev–Trinajstić information content (AvgIpc) is 3.41. The third-order valence-electron chi connectivity index (χ3n) is 6.06. The van der Waals surface area contributed by atoms with Gasteiger partial charge in [0.25, 0.3) is 5.92 Å². The maximum atomic E-state index is 14.5. The second kappa shape index (κ2) is 10.2. The standard InChI is InChI=1S/C24H26BrF3N4O3S/c1-4-35-22(33)18-16(11-32-12-24(27,28)10-17(32)23(2,3)34)30-20(21-29-7-8-36-21)31-19(18)14-6-5-13(26)9-15(14)25/h5-9,17,19,34H,4,10-12H2,1-3H3,(H,30,31)/t17-,19?/m0/s1. The van der Waals surface area contributed by atoms with Crippen molar-refractivity contribution in [1.29, 1.82) is 0 Å². The van der Waals surface area contributed by atoms with Crippen LogP contribution < -0.4 is 5.32 Å². The molecule has 2 aromatic rings. The maximum Gasteiger partial charge on any atom is 0.338 e. The Bertz CT molecular complexity index is 1200. The van der Waals surface area contributed by atoms with Crippen LogP contribution in [-0.4, -0.2) is 64.1 Å². The Morgan fingerprint density at radius 3 is 2.78 bits per heavy atom. The van der Waals surface area contributed by atoms with Crippen molar-refractivity contribution in [2.75, 3.05) is 19.7 Å². The fourth-order valence-corrected chi connectivity index (χ4v) is 5.67. The van der Waals surface area contributed by atoms with Crippen LogP contribution in [0.2, 0.25) is 0 Å². The van der Waals surface area contributed by atoms with Crippen molar-refractivity contribution in [3.8, 4) is 0 Å². The monoisotopic (exact) mass is 586 g/mol. The number of aromatic nitrogens is 1. The number of carbonyl (C=O) groups is 1. The zero-order valence-electron chi connectivity index (χ0n) is 19.9. The van der Waals surface area contributed by atoms with Crippen LogP contribution >= 0.6 is 27.3 Å². The molecule has 2 aliphatic rings. The molecule has 12 heteroatoms. The van der Waals surface area contributed by atoms with Gasteiger partial charge in [0, 0.05) is 40.8 Å². The molecule has 1 saturated heterocycles. The number of carbonyl (C=O) groups excluding carboxylic acids is 1. The first kappa shape index (κ1) is 26.8. The molecule has 2 aliphatic heterocycles. The highest BCUT2D eigenvalue weighted by atomic mass is 79.9. The first-order valence-electron chi connectivity index (χ1n) is 11.3. The quantitative estimate of drug-likeness (QED) is 0.467. The Morgan fingerprint density at radius 2 is 2.17 bits per heavy atom. The van der Waals surface area contributed by atoms with Gasteiger partial charge >= 0.3 is 5.97 Å². The van der Waals surface area contributed by atoms with Crippen LogP contribution in [0.1, 0.15) is 43.8 Å². The van der Waals surface area contributed by atoms with Crippen molar-refractivity contribution in [3.05, 3.63) is 61.9 Å². The summed E-state index contributed by atoms with van der Waals surface area (Å²) in [6, 6.07) is 2.26. The Kier molecular flexibility index (Phi) is 7.61.